The number of pyridine rings is 2. The molecule has 4 aromatic rings. The molecular formula is C27H29FN6O2. The minimum absolute atomic E-state index is 0.150. The largest absolute Gasteiger partial charge is 0.393 e. The second-order valence-corrected chi connectivity index (χ2v) is 9.21. The Morgan fingerprint density at radius 3 is 2.83 bits per heavy atom. The molecular weight excluding hydrogens is 459 g/mol. The molecule has 0 bridgehead atoms. The topological polar surface area (TPSA) is 94.8 Å². The van der Waals surface area contributed by atoms with Gasteiger partial charge in [0.25, 0.3) is 5.91 Å². The number of hydrogen-bond acceptors (Lipinski definition) is 6. The third-order valence-corrected chi connectivity index (χ3v) is 6.53. The Morgan fingerprint density at radius 2 is 2.06 bits per heavy atom. The number of amides is 1. The van der Waals surface area contributed by atoms with Crippen LogP contribution in [0.25, 0.3) is 16.9 Å². The number of benzene rings is 1. The maximum Gasteiger partial charge on any atom is 0.254 e. The van der Waals surface area contributed by atoms with Crippen LogP contribution in [0.1, 0.15) is 42.1 Å². The van der Waals surface area contributed by atoms with Crippen molar-refractivity contribution in [2.45, 2.75) is 38.8 Å². The van der Waals surface area contributed by atoms with Crippen LogP contribution in [0.3, 0.4) is 0 Å². The minimum Gasteiger partial charge on any atom is -0.393 e. The number of aromatic nitrogens is 3. The molecule has 8 nitrogen and oxygen atoms in total. The van der Waals surface area contributed by atoms with E-state index in [9.17, 15) is 14.3 Å². The van der Waals surface area contributed by atoms with Crippen LogP contribution < -0.4 is 15.5 Å². The van der Waals surface area contributed by atoms with Crippen molar-refractivity contribution in [1.29, 1.82) is 0 Å². The molecule has 0 saturated heterocycles. The smallest absolute Gasteiger partial charge is 0.254 e. The van der Waals surface area contributed by atoms with Gasteiger partial charge < -0.3 is 20.6 Å². The Bertz CT molecular complexity index is 1400. The molecule has 186 valence electrons. The van der Waals surface area contributed by atoms with Crippen LogP contribution in [-0.2, 0) is 6.54 Å². The molecule has 0 saturated carbocycles. The molecule has 0 fully saturated rings. The summed E-state index contributed by atoms with van der Waals surface area (Å²) in [7, 11) is 2.02. The summed E-state index contributed by atoms with van der Waals surface area (Å²) in [6.45, 7) is 3.10. The van der Waals surface area contributed by atoms with Crippen LogP contribution in [0.4, 0.5) is 21.6 Å². The average molecular weight is 489 g/mol. The number of halogens is 1. The fourth-order valence-electron chi connectivity index (χ4n) is 4.59. The van der Waals surface area contributed by atoms with E-state index in [1.807, 2.05) is 48.8 Å². The molecule has 0 unspecified atom stereocenters. The predicted molar refractivity (Wildman–Crippen MR) is 138 cm³/mol. The first-order chi connectivity index (χ1) is 17.4. The van der Waals surface area contributed by atoms with E-state index in [2.05, 4.69) is 25.5 Å². The number of carbonyl (C=O) groups excluding carboxylic acids is 1. The van der Waals surface area contributed by atoms with E-state index in [0.29, 0.717) is 29.3 Å². The number of unbranched alkanes of at least 4 members (excludes halogenated alkanes) is 1. The molecule has 4 heterocycles. The van der Waals surface area contributed by atoms with Gasteiger partial charge >= 0.3 is 0 Å². The van der Waals surface area contributed by atoms with Gasteiger partial charge in [0.2, 0.25) is 0 Å². The Kier molecular flexibility index (Phi) is 6.56. The zero-order valence-corrected chi connectivity index (χ0v) is 20.3. The molecule has 1 aliphatic heterocycles. The summed E-state index contributed by atoms with van der Waals surface area (Å²) in [6, 6.07) is 10.5. The number of nitrogens with zero attached hydrogens (tertiary/aromatic N) is 4. The molecule has 36 heavy (non-hydrogen) atoms. The van der Waals surface area contributed by atoms with Gasteiger partial charge in [-0.1, -0.05) is 6.07 Å². The van der Waals surface area contributed by atoms with Crippen molar-refractivity contribution >= 4 is 28.7 Å². The summed E-state index contributed by atoms with van der Waals surface area (Å²) >= 11 is 0. The lowest BCUT2D eigenvalue weighted by Gasteiger charge is -2.19. The molecule has 1 atom stereocenters. The summed E-state index contributed by atoms with van der Waals surface area (Å²) in [4.78, 5) is 23.8. The second kappa shape index (κ2) is 9.94. The maximum atomic E-state index is 13.6. The SMILES string of the molecule is C[C@H](O)CCCCN(C)c1ccc(Nc2ccc(-c3cnc4cc(F)ccn34)c3c2C(=O)NC3)nc1. The van der Waals surface area contributed by atoms with E-state index in [4.69, 9.17) is 0 Å². The van der Waals surface area contributed by atoms with E-state index in [1.54, 1.807) is 12.4 Å². The maximum absolute atomic E-state index is 13.6. The summed E-state index contributed by atoms with van der Waals surface area (Å²) in [5.41, 5.74) is 5.29. The van der Waals surface area contributed by atoms with Gasteiger partial charge in [0.1, 0.15) is 17.3 Å². The van der Waals surface area contributed by atoms with E-state index in [1.165, 1.54) is 12.1 Å². The molecule has 0 radical (unpaired) electrons. The number of rotatable bonds is 9. The van der Waals surface area contributed by atoms with Crippen molar-refractivity contribution in [2.75, 3.05) is 23.8 Å². The zero-order valence-electron chi connectivity index (χ0n) is 20.3. The molecule has 0 aliphatic carbocycles. The highest BCUT2D eigenvalue weighted by Gasteiger charge is 2.27. The normalized spacial score (nSPS) is 13.5. The number of fused-ring (bicyclic) bond motifs is 2. The third-order valence-electron chi connectivity index (χ3n) is 6.53. The van der Waals surface area contributed by atoms with Crippen molar-refractivity contribution in [3.63, 3.8) is 0 Å². The lowest BCUT2D eigenvalue weighted by molar-refractivity contribution is 0.0966. The molecule has 1 aliphatic rings. The Balaban J connectivity index is 1.36. The van der Waals surface area contributed by atoms with Gasteiger partial charge in [0.05, 0.1) is 41.1 Å². The van der Waals surface area contributed by atoms with Gasteiger partial charge in [-0.2, -0.15) is 0 Å². The Hall–Kier alpha value is -3.98. The van der Waals surface area contributed by atoms with Crippen LogP contribution in [0.2, 0.25) is 0 Å². The highest BCUT2D eigenvalue weighted by Crippen LogP contribution is 2.35. The summed E-state index contributed by atoms with van der Waals surface area (Å²) in [5, 5.41) is 15.6. The third kappa shape index (κ3) is 4.74. The number of imidazole rings is 1. The lowest BCUT2D eigenvalue weighted by Crippen LogP contribution is -2.19. The van der Waals surface area contributed by atoms with Gasteiger partial charge in [-0.05, 0) is 56.0 Å². The van der Waals surface area contributed by atoms with Gasteiger partial charge in [-0.25, -0.2) is 14.4 Å². The van der Waals surface area contributed by atoms with Crippen LogP contribution in [-0.4, -0.2) is 45.1 Å². The highest BCUT2D eigenvalue weighted by molar-refractivity contribution is 6.06. The van der Waals surface area contributed by atoms with Gasteiger partial charge in [-0.3, -0.25) is 9.20 Å². The van der Waals surface area contributed by atoms with E-state index < -0.39 is 0 Å². The first-order valence-corrected chi connectivity index (χ1v) is 12.1. The van der Waals surface area contributed by atoms with Crippen molar-refractivity contribution in [3.05, 3.63) is 71.9 Å². The Labute approximate surface area is 208 Å². The molecule has 1 amide bonds. The number of aliphatic hydroxyl groups is 1. The van der Waals surface area contributed by atoms with Gasteiger partial charge in [0.15, 0.2) is 0 Å². The first-order valence-electron chi connectivity index (χ1n) is 12.1. The fourth-order valence-corrected chi connectivity index (χ4v) is 4.59. The van der Waals surface area contributed by atoms with Crippen LogP contribution >= 0.6 is 0 Å². The summed E-state index contributed by atoms with van der Waals surface area (Å²) in [5.74, 6) is 0.145. The number of anilines is 3. The zero-order chi connectivity index (χ0) is 25.2. The fraction of sp³-hybridized carbons (Fsp3) is 0.296. The van der Waals surface area contributed by atoms with Crippen LogP contribution in [0.5, 0.6) is 0 Å². The molecule has 3 N–H and O–H groups in total. The van der Waals surface area contributed by atoms with Crippen molar-refractivity contribution in [3.8, 4) is 11.3 Å². The molecule has 0 spiro atoms. The average Bonchev–Trinajstić information content (AvgIpc) is 3.46. The number of hydrogen-bond donors (Lipinski definition) is 3. The number of aliphatic hydroxyl groups excluding tert-OH is 1. The molecule has 3 aromatic heterocycles. The molecule has 9 heteroatoms. The van der Waals surface area contributed by atoms with E-state index in [0.717, 1.165) is 48.3 Å². The minimum atomic E-state index is -0.345. The highest BCUT2D eigenvalue weighted by atomic mass is 19.1. The van der Waals surface area contributed by atoms with Gasteiger partial charge in [0, 0.05) is 38.0 Å². The standard InChI is InChI=1S/C27H29FN6O2/c1-17(35)5-3-4-11-33(2)19-6-9-24(29-14-19)32-22-8-7-20(21-15-31-27(36)26(21)22)23-16-30-25-13-18(28)10-12-34(23)25/h6-10,12-14,16-17,35H,3-5,11,15H2,1-2H3,(H,29,32)(H,31,36)/t17-/m0/s1. The van der Waals surface area contributed by atoms with E-state index >= 15 is 0 Å². The quantitative estimate of drug-likeness (QED) is 0.300. The molecule has 1 aromatic carbocycles. The summed E-state index contributed by atoms with van der Waals surface area (Å²) < 4.78 is 15.4. The van der Waals surface area contributed by atoms with E-state index in [-0.39, 0.29) is 17.8 Å². The van der Waals surface area contributed by atoms with Crippen LogP contribution in [0, 0.1) is 5.82 Å². The van der Waals surface area contributed by atoms with Crippen LogP contribution in [0.15, 0.2) is 55.0 Å². The lowest BCUT2D eigenvalue weighted by atomic mass is 9.99. The Morgan fingerprint density at radius 1 is 1.19 bits per heavy atom. The molecule has 5 rings (SSSR count). The van der Waals surface area contributed by atoms with Crippen molar-refractivity contribution in [2.24, 2.45) is 0 Å². The first kappa shape index (κ1) is 23.7. The monoisotopic (exact) mass is 488 g/mol. The number of carbonyl (C=O) groups is 1. The number of nitrogens with one attached hydrogen (secondary N) is 2. The van der Waals surface area contributed by atoms with Crippen molar-refractivity contribution < 1.29 is 14.3 Å². The van der Waals surface area contributed by atoms with Crippen molar-refractivity contribution in [1.82, 2.24) is 19.7 Å². The predicted octanol–water partition coefficient (Wildman–Crippen LogP) is 4.51. The second-order valence-electron chi connectivity index (χ2n) is 9.21. The summed E-state index contributed by atoms with van der Waals surface area (Å²) in [6.07, 6.45) is 7.67. The van der Waals surface area contributed by atoms with Gasteiger partial charge in [-0.15, -0.1) is 0 Å².